The molecule has 198 valence electrons. The number of amides is 1. The van der Waals surface area contributed by atoms with Gasteiger partial charge in [0.05, 0.1) is 24.3 Å². The standard InChI is InChI=1S/C25H31F3N2O6/c1-14(12-16(22(31)32)8-11-30-9-4-5-10-30)6-7-17-20(29-24(34)25(26,27)28)19-18(13-36-23(19)33)15(2)21(17)35-3/h6,16H,4-5,7-13H2,1-3H3,(H,29,34)(H,31,32)/b14-6+. The normalized spacial score (nSPS) is 17.1. The minimum Gasteiger partial charge on any atom is -0.496 e. The second-order valence-electron chi connectivity index (χ2n) is 9.22. The van der Waals surface area contributed by atoms with Gasteiger partial charge in [0.1, 0.15) is 12.4 Å². The van der Waals surface area contributed by atoms with Gasteiger partial charge in [-0.15, -0.1) is 0 Å². The van der Waals surface area contributed by atoms with Crippen LogP contribution < -0.4 is 10.1 Å². The van der Waals surface area contributed by atoms with Crippen LogP contribution in [0, 0.1) is 12.8 Å². The summed E-state index contributed by atoms with van der Waals surface area (Å²) in [5, 5.41) is 11.5. The van der Waals surface area contributed by atoms with Crippen molar-refractivity contribution >= 4 is 23.5 Å². The van der Waals surface area contributed by atoms with E-state index in [9.17, 15) is 32.7 Å². The Morgan fingerprint density at radius 3 is 2.53 bits per heavy atom. The number of benzene rings is 1. The number of hydrogen-bond acceptors (Lipinski definition) is 6. The van der Waals surface area contributed by atoms with Gasteiger partial charge < -0.3 is 24.8 Å². The fraction of sp³-hybridized carbons (Fsp3) is 0.560. The van der Waals surface area contributed by atoms with Gasteiger partial charge in [-0.05, 0) is 71.1 Å². The zero-order valence-electron chi connectivity index (χ0n) is 20.6. The van der Waals surface area contributed by atoms with Gasteiger partial charge in [0.25, 0.3) is 0 Å². The van der Waals surface area contributed by atoms with E-state index < -0.39 is 29.9 Å². The Kier molecular flexibility index (Phi) is 8.65. The molecule has 1 unspecified atom stereocenters. The number of rotatable bonds is 10. The van der Waals surface area contributed by atoms with Gasteiger partial charge in [0.15, 0.2) is 0 Å². The topological polar surface area (TPSA) is 105 Å². The smallest absolute Gasteiger partial charge is 0.471 e. The number of aliphatic carboxylic acids is 1. The number of fused-ring (bicyclic) bond motifs is 1. The highest BCUT2D eigenvalue weighted by Crippen LogP contribution is 2.42. The molecule has 1 fully saturated rings. The number of carboxylic acids is 1. The summed E-state index contributed by atoms with van der Waals surface area (Å²) in [4.78, 5) is 38.2. The Balaban J connectivity index is 1.90. The van der Waals surface area contributed by atoms with Crippen molar-refractivity contribution in [2.24, 2.45) is 5.92 Å². The van der Waals surface area contributed by atoms with E-state index in [1.54, 1.807) is 19.9 Å². The number of likely N-dealkylation sites (tertiary alicyclic amines) is 1. The SMILES string of the molecule is COc1c(C)c2c(c(NC(=O)C(F)(F)F)c1C/C=C(\C)CC(CCN1CCCC1)C(=O)O)C(=O)OC2. The van der Waals surface area contributed by atoms with E-state index in [1.807, 2.05) is 5.32 Å². The van der Waals surface area contributed by atoms with Gasteiger partial charge >= 0.3 is 24.0 Å². The highest BCUT2D eigenvalue weighted by Gasteiger charge is 2.41. The van der Waals surface area contributed by atoms with Crippen molar-refractivity contribution in [2.45, 2.75) is 58.7 Å². The van der Waals surface area contributed by atoms with E-state index in [0.29, 0.717) is 24.1 Å². The molecule has 1 saturated heterocycles. The maximum absolute atomic E-state index is 13.1. The molecule has 8 nitrogen and oxygen atoms in total. The molecular formula is C25H31F3N2O6. The highest BCUT2D eigenvalue weighted by atomic mass is 19.4. The maximum Gasteiger partial charge on any atom is 0.471 e. The molecule has 2 heterocycles. The molecule has 2 aliphatic rings. The summed E-state index contributed by atoms with van der Waals surface area (Å²) in [6.07, 6.45) is -0.483. The van der Waals surface area contributed by atoms with Gasteiger partial charge in [-0.2, -0.15) is 13.2 Å². The van der Waals surface area contributed by atoms with Crippen LogP contribution in [0.3, 0.4) is 0 Å². The lowest BCUT2D eigenvalue weighted by molar-refractivity contribution is -0.167. The summed E-state index contributed by atoms with van der Waals surface area (Å²) in [6.45, 7) is 5.89. The number of halogens is 3. The van der Waals surface area contributed by atoms with Crippen LogP contribution in [0.15, 0.2) is 11.6 Å². The first-order valence-corrected chi connectivity index (χ1v) is 11.8. The number of nitrogens with zero attached hydrogens (tertiary/aromatic N) is 1. The zero-order chi connectivity index (χ0) is 26.6. The van der Waals surface area contributed by atoms with Crippen LogP contribution in [0.5, 0.6) is 5.75 Å². The summed E-state index contributed by atoms with van der Waals surface area (Å²) >= 11 is 0. The molecule has 0 spiro atoms. The number of allylic oxidation sites excluding steroid dienone is 2. The molecule has 11 heteroatoms. The van der Waals surface area contributed by atoms with Crippen LogP contribution in [0.1, 0.15) is 59.7 Å². The first-order valence-electron chi connectivity index (χ1n) is 11.8. The number of methoxy groups -OCH3 is 1. The number of carbonyl (C=O) groups excluding carboxylic acids is 2. The number of cyclic esters (lactones) is 1. The second-order valence-corrected chi connectivity index (χ2v) is 9.22. The number of carboxylic acid groups (broad SMARTS) is 1. The average Bonchev–Trinajstić information content (AvgIpc) is 3.46. The fourth-order valence-electron chi connectivity index (χ4n) is 4.78. The van der Waals surface area contributed by atoms with Crippen molar-refractivity contribution in [3.63, 3.8) is 0 Å². The Morgan fingerprint density at radius 2 is 1.94 bits per heavy atom. The summed E-state index contributed by atoms with van der Waals surface area (Å²) in [5.74, 6) is -4.33. The molecule has 3 rings (SSSR count). The van der Waals surface area contributed by atoms with E-state index >= 15 is 0 Å². The Morgan fingerprint density at radius 1 is 1.28 bits per heavy atom. The number of alkyl halides is 3. The summed E-state index contributed by atoms with van der Waals surface area (Å²) in [5.41, 5.74) is 1.37. The molecule has 2 N–H and O–H groups in total. The van der Waals surface area contributed by atoms with Gasteiger partial charge in [-0.25, -0.2) is 4.79 Å². The number of esters is 1. The molecule has 1 aromatic rings. The number of ether oxygens (including phenoxy) is 2. The first-order chi connectivity index (χ1) is 16.9. The van der Waals surface area contributed by atoms with Crippen LogP contribution in [0.4, 0.5) is 18.9 Å². The fourth-order valence-corrected chi connectivity index (χ4v) is 4.78. The second kappa shape index (κ2) is 11.3. The summed E-state index contributed by atoms with van der Waals surface area (Å²) < 4.78 is 49.7. The van der Waals surface area contributed by atoms with Gasteiger partial charge in [-0.3, -0.25) is 9.59 Å². The van der Waals surface area contributed by atoms with Crippen molar-refractivity contribution in [2.75, 3.05) is 32.1 Å². The number of nitrogens with one attached hydrogen (secondary N) is 1. The average molecular weight is 513 g/mol. The van der Waals surface area contributed by atoms with Crippen molar-refractivity contribution in [1.82, 2.24) is 4.90 Å². The third-order valence-electron chi connectivity index (χ3n) is 6.74. The van der Waals surface area contributed by atoms with Crippen molar-refractivity contribution in [3.05, 3.63) is 33.9 Å². The van der Waals surface area contributed by atoms with E-state index in [4.69, 9.17) is 9.47 Å². The lowest BCUT2D eigenvalue weighted by Gasteiger charge is -2.21. The molecule has 0 aromatic heterocycles. The largest absolute Gasteiger partial charge is 0.496 e. The lowest BCUT2D eigenvalue weighted by atomic mass is 9.92. The maximum atomic E-state index is 13.1. The predicted molar refractivity (Wildman–Crippen MR) is 125 cm³/mol. The molecule has 0 bridgehead atoms. The molecule has 0 saturated carbocycles. The molecule has 0 radical (unpaired) electrons. The lowest BCUT2D eigenvalue weighted by Crippen LogP contribution is -2.31. The Labute approximate surface area is 207 Å². The van der Waals surface area contributed by atoms with Crippen LogP contribution in [0.2, 0.25) is 0 Å². The minimum absolute atomic E-state index is 0.0162. The van der Waals surface area contributed by atoms with Crippen LogP contribution in [-0.4, -0.2) is 60.8 Å². The minimum atomic E-state index is -5.17. The Bertz CT molecular complexity index is 1060. The number of carbonyl (C=O) groups is 3. The highest BCUT2D eigenvalue weighted by molar-refractivity contribution is 6.07. The van der Waals surface area contributed by atoms with E-state index in [2.05, 4.69) is 4.90 Å². The number of hydrogen-bond donors (Lipinski definition) is 2. The molecule has 1 amide bonds. The summed E-state index contributed by atoms with van der Waals surface area (Å²) in [6, 6.07) is 0. The quantitative estimate of drug-likeness (QED) is 0.357. The first kappa shape index (κ1) is 27.5. The van der Waals surface area contributed by atoms with Gasteiger partial charge in [0, 0.05) is 11.1 Å². The third kappa shape index (κ3) is 6.18. The molecule has 2 aliphatic heterocycles. The van der Waals surface area contributed by atoms with Crippen LogP contribution in [-0.2, 0) is 27.4 Å². The van der Waals surface area contributed by atoms with E-state index in [1.165, 1.54) is 7.11 Å². The monoisotopic (exact) mass is 512 g/mol. The van der Waals surface area contributed by atoms with Crippen LogP contribution >= 0.6 is 0 Å². The van der Waals surface area contributed by atoms with Gasteiger partial charge in [0.2, 0.25) is 0 Å². The molecule has 1 aromatic carbocycles. The van der Waals surface area contributed by atoms with E-state index in [0.717, 1.165) is 31.5 Å². The molecule has 36 heavy (non-hydrogen) atoms. The zero-order valence-corrected chi connectivity index (χ0v) is 20.6. The van der Waals surface area contributed by atoms with Crippen molar-refractivity contribution in [1.29, 1.82) is 0 Å². The molecular weight excluding hydrogens is 481 g/mol. The Hall–Kier alpha value is -3.08. The van der Waals surface area contributed by atoms with Gasteiger partial charge in [-0.1, -0.05) is 11.6 Å². The molecule has 0 aliphatic carbocycles. The van der Waals surface area contributed by atoms with Crippen LogP contribution in [0.25, 0.3) is 0 Å². The number of anilines is 1. The van der Waals surface area contributed by atoms with Crippen molar-refractivity contribution in [3.8, 4) is 5.75 Å². The van der Waals surface area contributed by atoms with E-state index in [-0.39, 0.29) is 42.0 Å². The predicted octanol–water partition coefficient (Wildman–Crippen LogP) is 4.24. The van der Waals surface area contributed by atoms with Crippen molar-refractivity contribution < 1.29 is 42.1 Å². The molecule has 1 atom stereocenters. The third-order valence-corrected chi connectivity index (χ3v) is 6.74. The summed E-state index contributed by atoms with van der Waals surface area (Å²) in [7, 11) is 1.35.